The van der Waals surface area contributed by atoms with Gasteiger partial charge < -0.3 is 10.6 Å². The number of benzene rings is 1. The van der Waals surface area contributed by atoms with Crippen LogP contribution in [0.25, 0.3) is 0 Å². The molecule has 1 aromatic carbocycles. The van der Waals surface area contributed by atoms with Crippen molar-refractivity contribution in [3.05, 3.63) is 35.4 Å². The summed E-state index contributed by atoms with van der Waals surface area (Å²) in [6.07, 6.45) is 8.77. The number of nitrogens with one attached hydrogen (secondary N) is 2. The average Bonchev–Trinajstić information content (AvgIpc) is 3.13. The molecule has 0 unspecified atom stereocenters. The Morgan fingerprint density at radius 3 is 2.50 bits per heavy atom. The predicted octanol–water partition coefficient (Wildman–Crippen LogP) is 3.91. The highest BCUT2D eigenvalue weighted by atomic mass is 35.5. The van der Waals surface area contributed by atoms with Gasteiger partial charge in [-0.25, -0.2) is 0 Å². The molecule has 2 heterocycles. The van der Waals surface area contributed by atoms with E-state index in [1.54, 1.807) is 0 Å². The van der Waals surface area contributed by atoms with E-state index in [1.807, 2.05) is 0 Å². The summed E-state index contributed by atoms with van der Waals surface area (Å²) in [4.78, 5) is 15.5. The van der Waals surface area contributed by atoms with Crippen LogP contribution in [0.2, 0.25) is 0 Å². The van der Waals surface area contributed by atoms with Crippen LogP contribution in [0.15, 0.2) is 24.3 Å². The van der Waals surface area contributed by atoms with Crippen LogP contribution < -0.4 is 10.6 Å². The van der Waals surface area contributed by atoms with E-state index in [0.717, 1.165) is 26.1 Å². The number of piperidine rings is 1. The molecule has 0 bridgehead atoms. The third-order valence-electron chi connectivity index (χ3n) is 6.82. The monoisotopic (exact) mass is 427 g/mol. The predicted molar refractivity (Wildman–Crippen MR) is 119 cm³/mol. The highest BCUT2D eigenvalue weighted by Gasteiger charge is 2.49. The second-order valence-corrected chi connectivity index (χ2v) is 8.57. The summed E-state index contributed by atoms with van der Waals surface area (Å²) in [5.41, 5.74) is 2.44. The molecule has 2 aliphatic heterocycles. The van der Waals surface area contributed by atoms with Crippen LogP contribution in [0.3, 0.4) is 0 Å². The molecule has 0 spiro atoms. The van der Waals surface area contributed by atoms with Gasteiger partial charge in [-0.3, -0.25) is 9.69 Å². The number of hydrogen-bond donors (Lipinski definition) is 2. The molecule has 1 saturated carbocycles. The lowest BCUT2D eigenvalue weighted by Crippen LogP contribution is -2.47. The first-order chi connectivity index (χ1) is 12.8. The maximum absolute atomic E-state index is 12.9. The zero-order valence-electron chi connectivity index (χ0n) is 16.8. The van der Waals surface area contributed by atoms with Crippen LogP contribution in [0.1, 0.15) is 56.1 Å². The Morgan fingerprint density at radius 2 is 1.75 bits per heavy atom. The van der Waals surface area contributed by atoms with Gasteiger partial charge in [-0.05, 0) is 62.4 Å². The fourth-order valence-electron chi connectivity index (χ4n) is 5.19. The van der Waals surface area contributed by atoms with Crippen molar-refractivity contribution in [1.82, 2.24) is 15.5 Å². The van der Waals surface area contributed by atoms with Crippen LogP contribution in [0.4, 0.5) is 0 Å². The molecule has 2 atom stereocenters. The summed E-state index contributed by atoms with van der Waals surface area (Å²) in [7, 11) is 0. The Bertz CT molecular complexity index is 619. The Balaban J connectivity index is 0.00000140. The summed E-state index contributed by atoms with van der Waals surface area (Å²) in [5, 5.41) is 6.71. The molecule has 6 heteroatoms. The van der Waals surface area contributed by atoms with Crippen molar-refractivity contribution in [1.29, 1.82) is 0 Å². The fourth-order valence-corrected chi connectivity index (χ4v) is 5.19. The summed E-state index contributed by atoms with van der Waals surface area (Å²) >= 11 is 0. The number of amides is 1. The molecule has 3 fully saturated rings. The van der Waals surface area contributed by atoms with Crippen molar-refractivity contribution in [3.63, 3.8) is 0 Å². The van der Waals surface area contributed by atoms with Gasteiger partial charge in [0.05, 0.1) is 5.41 Å². The molecule has 1 aromatic rings. The van der Waals surface area contributed by atoms with Crippen molar-refractivity contribution in [2.45, 2.75) is 58.0 Å². The van der Waals surface area contributed by atoms with Crippen molar-refractivity contribution in [2.24, 2.45) is 11.3 Å². The van der Waals surface area contributed by atoms with E-state index >= 15 is 0 Å². The van der Waals surface area contributed by atoms with E-state index in [4.69, 9.17) is 0 Å². The molecule has 3 aliphatic rings. The standard InChI is InChI=1S/C22H33N3O.2ClH/c26-21(22-11-3-2-6-20(22)15-23-17-22)24-14-18-7-9-19(10-8-18)16-25-12-4-1-5-13-25;;/h7-10,20,23H,1-6,11-17H2,(H,24,26);2*1H/t20-,22+;;/m0../s1. The topological polar surface area (TPSA) is 44.4 Å². The first-order valence-electron chi connectivity index (χ1n) is 10.6. The van der Waals surface area contributed by atoms with Crippen molar-refractivity contribution in [2.75, 3.05) is 26.2 Å². The van der Waals surface area contributed by atoms with Gasteiger partial charge in [0.25, 0.3) is 0 Å². The van der Waals surface area contributed by atoms with Gasteiger partial charge >= 0.3 is 0 Å². The summed E-state index contributed by atoms with van der Waals surface area (Å²) in [6, 6.07) is 8.83. The van der Waals surface area contributed by atoms with Gasteiger partial charge in [0.1, 0.15) is 0 Å². The van der Waals surface area contributed by atoms with Crippen molar-refractivity contribution < 1.29 is 4.79 Å². The molecular formula is C22H35Cl2N3O. The van der Waals surface area contributed by atoms with Gasteiger partial charge in [0, 0.05) is 19.6 Å². The minimum atomic E-state index is -0.146. The van der Waals surface area contributed by atoms with Crippen molar-refractivity contribution >= 4 is 30.7 Å². The average molecular weight is 428 g/mol. The van der Waals surface area contributed by atoms with Gasteiger partial charge in [-0.1, -0.05) is 43.5 Å². The highest BCUT2D eigenvalue weighted by molar-refractivity contribution is 5.85. The Morgan fingerprint density at radius 1 is 1.04 bits per heavy atom. The molecule has 2 N–H and O–H groups in total. The molecule has 4 nitrogen and oxygen atoms in total. The van der Waals surface area contributed by atoms with E-state index < -0.39 is 0 Å². The second-order valence-electron chi connectivity index (χ2n) is 8.57. The second kappa shape index (κ2) is 10.8. The molecule has 0 radical (unpaired) electrons. The van der Waals surface area contributed by atoms with E-state index in [9.17, 15) is 4.79 Å². The number of likely N-dealkylation sites (tertiary alicyclic amines) is 1. The lowest BCUT2D eigenvalue weighted by atomic mass is 9.67. The van der Waals surface area contributed by atoms with Gasteiger partial charge in [-0.2, -0.15) is 0 Å². The fraction of sp³-hybridized carbons (Fsp3) is 0.682. The first-order valence-corrected chi connectivity index (χ1v) is 10.6. The summed E-state index contributed by atoms with van der Waals surface area (Å²) in [6.45, 7) is 6.04. The van der Waals surface area contributed by atoms with Gasteiger partial charge in [0.2, 0.25) is 5.91 Å². The van der Waals surface area contributed by atoms with Crippen LogP contribution in [-0.2, 0) is 17.9 Å². The minimum absolute atomic E-state index is 0. The highest BCUT2D eigenvalue weighted by Crippen LogP contribution is 2.43. The van der Waals surface area contributed by atoms with Crippen LogP contribution in [0.5, 0.6) is 0 Å². The zero-order chi connectivity index (χ0) is 17.8. The minimum Gasteiger partial charge on any atom is -0.351 e. The lowest BCUT2D eigenvalue weighted by Gasteiger charge is -2.37. The third kappa shape index (κ3) is 5.21. The number of carbonyl (C=O) groups excluding carboxylic acids is 1. The lowest BCUT2D eigenvalue weighted by molar-refractivity contribution is -0.134. The molecule has 158 valence electrons. The Labute approximate surface area is 182 Å². The van der Waals surface area contributed by atoms with Crippen LogP contribution >= 0.6 is 24.8 Å². The zero-order valence-corrected chi connectivity index (χ0v) is 18.4. The number of fused-ring (bicyclic) bond motifs is 1. The van der Waals surface area contributed by atoms with Gasteiger partial charge in [-0.15, -0.1) is 24.8 Å². The molecule has 28 heavy (non-hydrogen) atoms. The number of hydrogen-bond acceptors (Lipinski definition) is 3. The first kappa shape index (κ1) is 23.5. The van der Waals surface area contributed by atoms with Crippen molar-refractivity contribution in [3.8, 4) is 0 Å². The maximum atomic E-state index is 12.9. The number of rotatable bonds is 5. The molecule has 2 saturated heterocycles. The summed E-state index contributed by atoms with van der Waals surface area (Å²) < 4.78 is 0. The Hall–Kier alpha value is -0.810. The normalized spacial score (nSPS) is 27.2. The SMILES string of the molecule is Cl.Cl.O=C(NCc1ccc(CN2CCCCC2)cc1)[C@@]12CCCC[C@H]1CNC2. The van der Waals surface area contributed by atoms with Gasteiger partial charge in [0.15, 0.2) is 0 Å². The third-order valence-corrected chi connectivity index (χ3v) is 6.82. The van der Waals surface area contributed by atoms with E-state index in [2.05, 4.69) is 39.8 Å². The maximum Gasteiger partial charge on any atom is 0.228 e. The largest absolute Gasteiger partial charge is 0.351 e. The molecular weight excluding hydrogens is 393 g/mol. The molecule has 4 rings (SSSR count). The molecule has 1 aliphatic carbocycles. The number of halogens is 2. The van der Waals surface area contributed by atoms with E-state index in [0.29, 0.717) is 12.5 Å². The van der Waals surface area contributed by atoms with E-state index in [-0.39, 0.29) is 36.1 Å². The van der Waals surface area contributed by atoms with Crippen LogP contribution in [-0.4, -0.2) is 37.0 Å². The quantitative estimate of drug-likeness (QED) is 0.748. The molecule has 1 amide bonds. The van der Waals surface area contributed by atoms with Crippen LogP contribution in [0, 0.1) is 11.3 Å². The summed E-state index contributed by atoms with van der Waals surface area (Å²) in [5.74, 6) is 0.799. The smallest absolute Gasteiger partial charge is 0.228 e. The van der Waals surface area contributed by atoms with E-state index in [1.165, 1.54) is 62.7 Å². The molecule has 0 aromatic heterocycles. The Kier molecular flexibility index (Phi) is 9.07. The number of carbonyl (C=O) groups is 1. The number of nitrogens with zero attached hydrogens (tertiary/aromatic N) is 1.